The molecule has 0 aromatic heterocycles. The Morgan fingerprint density at radius 1 is 0.833 bits per heavy atom. The summed E-state index contributed by atoms with van der Waals surface area (Å²) in [6.45, 7) is 2.88. The van der Waals surface area contributed by atoms with Gasteiger partial charge in [-0.1, -0.05) is 52.4 Å². The SMILES string of the molecule is CCCCC[C@@H](CF)C(=O)[C@H](CF)CCCCC. The fourth-order valence-electron chi connectivity index (χ4n) is 2.21. The Morgan fingerprint density at radius 3 is 1.50 bits per heavy atom. The van der Waals surface area contributed by atoms with Gasteiger partial charge in [0.05, 0.1) is 13.3 Å². The van der Waals surface area contributed by atoms with E-state index >= 15 is 0 Å². The van der Waals surface area contributed by atoms with Crippen LogP contribution in [0.1, 0.15) is 65.2 Å². The third kappa shape index (κ3) is 7.07. The van der Waals surface area contributed by atoms with Gasteiger partial charge in [-0.05, 0) is 12.8 Å². The van der Waals surface area contributed by atoms with Crippen molar-refractivity contribution in [2.75, 3.05) is 13.3 Å². The molecule has 108 valence electrons. The van der Waals surface area contributed by atoms with Crippen LogP contribution in [0.25, 0.3) is 0 Å². The minimum atomic E-state index is -0.632. The zero-order chi connectivity index (χ0) is 13.8. The minimum absolute atomic E-state index is 0.188. The molecule has 0 bridgehead atoms. The fraction of sp³-hybridized carbons (Fsp3) is 0.933. The lowest BCUT2D eigenvalue weighted by molar-refractivity contribution is -0.128. The van der Waals surface area contributed by atoms with Crippen LogP contribution in [0.4, 0.5) is 8.78 Å². The summed E-state index contributed by atoms with van der Waals surface area (Å²) in [5, 5.41) is 0. The van der Waals surface area contributed by atoms with Crippen LogP contribution in [0.5, 0.6) is 0 Å². The number of ketones is 1. The van der Waals surface area contributed by atoms with Gasteiger partial charge in [0.1, 0.15) is 5.78 Å². The van der Waals surface area contributed by atoms with Gasteiger partial charge >= 0.3 is 0 Å². The predicted octanol–water partition coefficient (Wildman–Crippen LogP) is 4.89. The molecule has 0 amide bonds. The van der Waals surface area contributed by atoms with E-state index in [1.807, 2.05) is 0 Å². The van der Waals surface area contributed by atoms with Crippen molar-refractivity contribution in [3.63, 3.8) is 0 Å². The molecule has 0 N–H and O–H groups in total. The van der Waals surface area contributed by atoms with Crippen LogP contribution in [0.3, 0.4) is 0 Å². The van der Waals surface area contributed by atoms with Gasteiger partial charge in [-0.25, -0.2) is 0 Å². The number of carbonyl (C=O) groups excluding carboxylic acids is 1. The van der Waals surface area contributed by atoms with Crippen LogP contribution >= 0.6 is 0 Å². The Bertz CT molecular complexity index is 187. The number of hydrogen-bond acceptors (Lipinski definition) is 1. The van der Waals surface area contributed by atoms with Crippen LogP contribution in [0.15, 0.2) is 0 Å². The van der Waals surface area contributed by atoms with Crippen molar-refractivity contribution < 1.29 is 13.6 Å². The first-order valence-corrected chi connectivity index (χ1v) is 7.36. The van der Waals surface area contributed by atoms with Crippen LogP contribution in [-0.2, 0) is 4.79 Å². The second kappa shape index (κ2) is 11.6. The van der Waals surface area contributed by atoms with Crippen molar-refractivity contribution in [2.24, 2.45) is 11.8 Å². The number of Topliss-reactive ketones (excluding diaryl/α,β-unsaturated/α-hetero) is 1. The summed E-state index contributed by atoms with van der Waals surface area (Å²) in [6, 6.07) is 0. The average Bonchev–Trinajstić information content (AvgIpc) is 2.39. The number of unbranched alkanes of at least 4 members (excludes halogenated alkanes) is 4. The van der Waals surface area contributed by atoms with Crippen LogP contribution in [0.2, 0.25) is 0 Å². The highest BCUT2D eigenvalue weighted by Gasteiger charge is 2.26. The Hall–Kier alpha value is -0.470. The molecule has 0 aliphatic rings. The van der Waals surface area contributed by atoms with Gasteiger partial charge in [0.2, 0.25) is 0 Å². The van der Waals surface area contributed by atoms with Crippen molar-refractivity contribution in [1.82, 2.24) is 0 Å². The maximum Gasteiger partial charge on any atom is 0.144 e. The minimum Gasteiger partial charge on any atom is -0.299 e. The smallest absolute Gasteiger partial charge is 0.144 e. The summed E-state index contributed by atoms with van der Waals surface area (Å²) >= 11 is 0. The quantitative estimate of drug-likeness (QED) is 0.458. The number of rotatable bonds is 12. The summed E-state index contributed by atoms with van der Waals surface area (Å²) in [5.74, 6) is -1.33. The monoisotopic (exact) mass is 262 g/mol. The summed E-state index contributed by atoms with van der Waals surface area (Å²) in [5.41, 5.74) is 0. The Kier molecular flexibility index (Phi) is 11.3. The first-order valence-electron chi connectivity index (χ1n) is 7.36. The Morgan fingerprint density at radius 2 is 1.22 bits per heavy atom. The van der Waals surface area contributed by atoms with Crippen molar-refractivity contribution in [2.45, 2.75) is 65.2 Å². The van der Waals surface area contributed by atoms with Gasteiger partial charge in [-0.15, -0.1) is 0 Å². The number of carbonyl (C=O) groups is 1. The molecule has 2 atom stereocenters. The fourth-order valence-corrected chi connectivity index (χ4v) is 2.21. The van der Waals surface area contributed by atoms with Gasteiger partial charge in [0, 0.05) is 11.8 Å². The molecule has 0 saturated carbocycles. The molecule has 0 spiro atoms. The van der Waals surface area contributed by atoms with Gasteiger partial charge < -0.3 is 0 Å². The average molecular weight is 262 g/mol. The third-order valence-corrected chi connectivity index (χ3v) is 3.49. The molecule has 0 aliphatic heterocycles. The molecule has 3 heteroatoms. The Labute approximate surface area is 110 Å². The second-order valence-electron chi connectivity index (χ2n) is 5.10. The van der Waals surface area contributed by atoms with Crippen molar-refractivity contribution in [1.29, 1.82) is 0 Å². The lowest BCUT2D eigenvalue weighted by Gasteiger charge is -2.18. The zero-order valence-electron chi connectivity index (χ0n) is 11.9. The predicted molar refractivity (Wildman–Crippen MR) is 72.2 cm³/mol. The van der Waals surface area contributed by atoms with Crippen LogP contribution in [-0.4, -0.2) is 19.1 Å². The molecule has 0 fully saturated rings. The largest absolute Gasteiger partial charge is 0.299 e. The highest BCUT2D eigenvalue weighted by Crippen LogP contribution is 2.21. The molecular formula is C15H28F2O. The summed E-state index contributed by atoms with van der Waals surface area (Å²) in [7, 11) is 0. The van der Waals surface area contributed by atoms with E-state index in [0.717, 1.165) is 38.5 Å². The maximum atomic E-state index is 12.9. The topological polar surface area (TPSA) is 17.1 Å². The Balaban J connectivity index is 4.16. The number of alkyl halides is 2. The maximum absolute atomic E-state index is 12.9. The van der Waals surface area contributed by atoms with Crippen molar-refractivity contribution >= 4 is 5.78 Å². The van der Waals surface area contributed by atoms with Gasteiger partial charge in [0.15, 0.2) is 0 Å². The summed E-state index contributed by atoms with van der Waals surface area (Å²) in [6.07, 6.45) is 7.02. The van der Waals surface area contributed by atoms with Gasteiger partial charge in [0.25, 0.3) is 0 Å². The molecule has 0 aromatic rings. The van der Waals surface area contributed by atoms with E-state index in [0.29, 0.717) is 12.8 Å². The molecule has 0 aliphatic carbocycles. The standard InChI is InChI=1S/C15H28F2O/c1-3-5-7-9-13(11-16)15(18)14(12-17)10-8-6-4-2/h13-14H,3-12H2,1-2H3/t13-,14-/m0/s1. The first-order chi connectivity index (χ1) is 8.71. The third-order valence-electron chi connectivity index (χ3n) is 3.49. The molecule has 0 saturated heterocycles. The lowest BCUT2D eigenvalue weighted by Crippen LogP contribution is -2.26. The van der Waals surface area contributed by atoms with E-state index in [4.69, 9.17) is 0 Å². The molecule has 1 nitrogen and oxygen atoms in total. The summed E-state index contributed by atoms with van der Waals surface area (Å²) < 4.78 is 25.8. The van der Waals surface area contributed by atoms with Crippen LogP contribution in [0, 0.1) is 11.8 Å². The van der Waals surface area contributed by atoms with E-state index in [1.165, 1.54) is 0 Å². The van der Waals surface area contributed by atoms with E-state index < -0.39 is 25.2 Å². The molecule has 0 aromatic carbocycles. The van der Waals surface area contributed by atoms with E-state index in [2.05, 4.69) is 13.8 Å². The molecular weight excluding hydrogens is 234 g/mol. The first kappa shape index (κ1) is 17.5. The molecule has 0 radical (unpaired) electrons. The second-order valence-corrected chi connectivity index (χ2v) is 5.10. The number of halogens is 2. The molecule has 18 heavy (non-hydrogen) atoms. The molecule has 0 heterocycles. The van der Waals surface area contributed by atoms with E-state index in [9.17, 15) is 13.6 Å². The van der Waals surface area contributed by atoms with E-state index in [1.54, 1.807) is 0 Å². The highest BCUT2D eigenvalue weighted by atomic mass is 19.1. The lowest BCUT2D eigenvalue weighted by atomic mass is 9.87. The molecule has 0 rings (SSSR count). The van der Waals surface area contributed by atoms with Crippen molar-refractivity contribution in [3.05, 3.63) is 0 Å². The normalized spacial score (nSPS) is 14.4. The summed E-state index contributed by atoms with van der Waals surface area (Å²) in [4.78, 5) is 12.0. The highest BCUT2D eigenvalue weighted by molar-refractivity contribution is 5.83. The van der Waals surface area contributed by atoms with Crippen molar-refractivity contribution in [3.8, 4) is 0 Å². The van der Waals surface area contributed by atoms with Gasteiger partial charge in [-0.2, -0.15) is 0 Å². The zero-order valence-corrected chi connectivity index (χ0v) is 11.9. The number of hydrogen-bond donors (Lipinski definition) is 0. The molecule has 0 unspecified atom stereocenters. The van der Waals surface area contributed by atoms with Crippen LogP contribution < -0.4 is 0 Å². The van der Waals surface area contributed by atoms with Gasteiger partial charge in [-0.3, -0.25) is 13.6 Å². The van der Waals surface area contributed by atoms with E-state index in [-0.39, 0.29) is 5.78 Å².